The van der Waals surface area contributed by atoms with Crippen molar-refractivity contribution in [2.45, 2.75) is 25.8 Å². The maximum Gasteiger partial charge on any atom is 0.104 e. The average Bonchev–Trinajstić information content (AvgIpc) is 2.77. The van der Waals surface area contributed by atoms with Gasteiger partial charge in [0.15, 0.2) is 0 Å². The number of morpholine rings is 1. The first kappa shape index (κ1) is 11.7. The molecule has 1 fully saturated rings. The molecule has 1 aliphatic heterocycles. The lowest BCUT2D eigenvalue weighted by atomic mass is 10.0. The van der Waals surface area contributed by atoms with Crippen molar-refractivity contribution >= 4 is 11.0 Å². The number of benzene rings is 1. The number of nitrogens with one attached hydrogen (secondary N) is 2. The van der Waals surface area contributed by atoms with Crippen molar-refractivity contribution < 1.29 is 4.74 Å². The number of aromatic nitrogens is 2. The van der Waals surface area contributed by atoms with Gasteiger partial charge in [-0.2, -0.15) is 0 Å². The number of imidazole rings is 1. The van der Waals surface area contributed by atoms with E-state index in [4.69, 9.17) is 4.74 Å². The van der Waals surface area contributed by atoms with Crippen molar-refractivity contribution in [3.63, 3.8) is 0 Å². The topological polar surface area (TPSA) is 49.9 Å². The Balaban J connectivity index is 1.66. The van der Waals surface area contributed by atoms with Crippen molar-refractivity contribution in [1.29, 1.82) is 0 Å². The molecule has 3 rings (SSSR count). The lowest BCUT2D eigenvalue weighted by molar-refractivity contribution is 0.0743. The van der Waals surface area contributed by atoms with Crippen LogP contribution in [0.15, 0.2) is 18.2 Å². The van der Waals surface area contributed by atoms with E-state index in [1.165, 1.54) is 5.56 Å². The molecule has 0 bridgehead atoms. The van der Waals surface area contributed by atoms with E-state index in [-0.39, 0.29) is 0 Å². The first-order valence-corrected chi connectivity index (χ1v) is 6.57. The highest BCUT2D eigenvalue weighted by Gasteiger charge is 2.12. The van der Waals surface area contributed by atoms with Gasteiger partial charge in [-0.1, -0.05) is 6.07 Å². The Bertz CT molecular complexity index is 529. The second-order valence-corrected chi connectivity index (χ2v) is 4.94. The van der Waals surface area contributed by atoms with Crippen LogP contribution in [-0.4, -0.2) is 35.8 Å². The lowest BCUT2D eigenvalue weighted by Crippen LogP contribution is -2.41. The van der Waals surface area contributed by atoms with Gasteiger partial charge in [-0.15, -0.1) is 0 Å². The molecule has 2 heterocycles. The Kier molecular flexibility index (Phi) is 3.30. The fourth-order valence-corrected chi connectivity index (χ4v) is 2.49. The molecule has 0 radical (unpaired) electrons. The van der Waals surface area contributed by atoms with Crippen LogP contribution < -0.4 is 5.32 Å². The molecule has 1 aromatic heterocycles. The Hall–Kier alpha value is -1.39. The van der Waals surface area contributed by atoms with Crippen molar-refractivity contribution in [3.8, 4) is 0 Å². The maximum atomic E-state index is 5.47. The molecule has 1 atom stereocenters. The van der Waals surface area contributed by atoms with Crippen LogP contribution in [0.3, 0.4) is 0 Å². The van der Waals surface area contributed by atoms with Crippen molar-refractivity contribution in [1.82, 2.24) is 15.3 Å². The smallest absolute Gasteiger partial charge is 0.104 e. The van der Waals surface area contributed by atoms with Gasteiger partial charge in [0.05, 0.1) is 24.2 Å². The minimum atomic E-state index is 0.498. The second-order valence-electron chi connectivity index (χ2n) is 4.94. The molecule has 2 aromatic rings. The van der Waals surface area contributed by atoms with E-state index in [0.717, 1.165) is 49.5 Å². The zero-order valence-corrected chi connectivity index (χ0v) is 10.7. The van der Waals surface area contributed by atoms with E-state index in [1.54, 1.807) is 0 Å². The molecule has 4 nitrogen and oxygen atoms in total. The van der Waals surface area contributed by atoms with E-state index in [9.17, 15) is 0 Å². The zero-order chi connectivity index (χ0) is 12.4. The second kappa shape index (κ2) is 5.08. The molecule has 0 saturated carbocycles. The highest BCUT2D eigenvalue weighted by Crippen LogP contribution is 2.15. The van der Waals surface area contributed by atoms with Gasteiger partial charge in [-0.05, 0) is 37.5 Å². The summed E-state index contributed by atoms with van der Waals surface area (Å²) in [5, 5.41) is 3.49. The van der Waals surface area contributed by atoms with E-state index >= 15 is 0 Å². The van der Waals surface area contributed by atoms with Crippen molar-refractivity contribution in [2.24, 2.45) is 0 Å². The number of nitrogens with zero attached hydrogens (tertiary/aromatic N) is 1. The van der Waals surface area contributed by atoms with Gasteiger partial charge in [-0.25, -0.2) is 4.98 Å². The number of aryl methyl sites for hydroxylation is 2. The van der Waals surface area contributed by atoms with Crippen LogP contribution in [0.4, 0.5) is 0 Å². The molecule has 4 heteroatoms. The van der Waals surface area contributed by atoms with Gasteiger partial charge in [0.2, 0.25) is 0 Å². The summed E-state index contributed by atoms with van der Waals surface area (Å²) in [6, 6.07) is 6.97. The summed E-state index contributed by atoms with van der Waals surface area (Å²) in [5.41, 5.74) is 3.55. The van der Waals surface area contributed by atoms with Crippen LogP contribution in [0.5, 0.6) is 0 Å². The molecule has 0 spiro atoms. The standard InChI is InChI=1S/C14H19N3O/c1-10-16-13-5-3-11(8-14(13)17-10)2-4-12-9-18-7-6-15-12/h3,5,8,12,15H,2,4,6-7,9H2,1H3,(H,16,17). The van der Waals surface area contributed by atoms with Gasteiger partial charge in [0.1, 0.15) is 5.82 Å². The first-order valence-electron chi connectivity index (χ1n) is 6.57. The van der Waals surface area contributed by atoms with Crippen LogP contribution in [-0.2, 0) is 11.2 Å². The van der Waals surface area contributed by atoms with E-state index < -0.39 is 0 Å². The number of ether oxygens (including phenoxy) is 1. The third kappa shape index (κ3) is 2.54. The van der Waals surface area contributed by atoms with Crippen molar-refractivity contribution in [2.75, 3.05) is 19.8 Å². The van der Waals surface area contributed by atoms with Crippen LogP contribution in [0.1, 0.15) is 17.8 Å². The predicted octanol–water partition coefficient (Wildman–Crippen LogP) is 1.79. The molecule has 2 N–H and O–H groups in total. The quantitative estimate of drug-likeness (QED) is 0.867. The normalized spacial score (nSPS) is 20.4. The summed E-state index contributed by atoms with van der Waals surface area (Å²) in [5.74, 6) is 0.976. The summed E-state index contributed by atoms with van der Waals surface area (Å²) in [6.07, 6.45) is 2.20. The Labute approximate surface area is 107 Å². The van der Waals surface area contributed by atoms with Gasteiger partial charge in [0.25, 0.3) is 0 Å². The van der Waals surface area contributed by atoms with E-state index in [0.29, 0.717) is 6.04 Å². The molecule has 0 aliphatic carbocycles. The summed E-state index contributed by atoms with van der Waals surface area (Å²) in [6.45, 7) is 4.65. The monoisotopic (exact) mass is 245 g/mol. The fourth-order valence-electron chi connectivity index (χ4n) is 2.49. The molecule has 1 unspecified atom stereocenters. The average molecular weight is 245 g/mol. The molecular weight excluding hydrogens is 226 g/mol. The fraction of sp³-hybridized carbons (Fsp3) is 0.500. The minimum Gasteiger partial charge on any atom is -0.379 e. The van der Waals surface area contributed by atoms with E-state index in [1.807, 2.05) is 6.92 Å². The van der Waals surface area contributed by atoms with Crippen LogP contribution in [0.25, 0.3) is 11.0 Å². The Morgan fingerprint density at radius 2 is 2.39 bits per heavy atom. The summed E-state index contributed by atoms with van der Waals surface area (Å²) < 4.78 is 5.47. The third-order valence-corrected chi connectivity index (χ3v) is 3.44. The van der Waals surface area contributed by atoms with Gasteiger partial charge < -0.3 is 15.0 Å². The largest absolute Gasteiger partial charge is 0.379 e. The Morgan fingerprint density at radius 1 is 1.44 bits per heavy atom. The maximum absolute atomic E-state index is 5.47. The molecule has 18 heavy (non-hydrogen) atoms. The lowest BCUT2D eigenvalue weighted by Gasteiger charge is -2.23. The van der Waals surface area contributed by atoms with Gasteiger partial charge >= 0.3 is 0 Å². The SMILES string of the molecule is Cc1nc2ccc(CCC3COCCN3)cc2[nH]1. The molecule has 1 aromatic carbocycles. The molecular formula is C14H19N3O. The van der Waals surface area contributed by atoms with Crippen molar-refractivity contribution in [3.05, 3.63) is 29.6 Å². The zero-order valence-electron chi connectivity index (χ0n) is 10.7. The number of fused-ring (bicyclic) bond motifs is 1. The minimum absolute atomic E-state index is 0.498. The molecule has 1 aliphatic rings. The number of rotatable bonds is 3. The summed E-state index contributed by atoms with van der Waals surface area (Å²) >= 11 is 0. The first-order chi connectivity index (χ1) is 8.81. The summed E-state index contributed by atoms with van der Waals surface area (Å²) in [7, 11) is 0. The van der Waals surface area contributed by atoms with E-state index in [2.05, 4.69) is 33.5 Å². The number of H-pyrrole nitrogens is 1. The predicted molar refractivity (Wildman–Crippen MR) is 71.8 cm³/mol. The number of hydrogen-bond donors (Lipinski definition) is 2. The highest BCUT2D eigenvalue weighted by molar-refractivity contribution is 5.75. The number of hydrogen-bond acceptors (Lipinski definition) is 3. The molecule has 96 valence electrons. The van der Waals surface area contributed by atoms with Crippen LogP contribution >= 0.6 is 0 Å². The Morgan fingerprint density at radius 3 is 3.22 bits per heavy atom. The molecule has 1 saturated heterocycles. The highest BCUT2D eigenvalue weighted by atomic mass is 16.5. The van der Waals surface area contributed by atoms with Crippen LogP contribution in [0, 0.1) is 6.92 Å². The molecule has 0 amide bonds. The van der Waals surface area contributed by atoms with Crippen LogP contribution in [0.2, 0.25) is 0 Å². The third-order valence-electron chi connectivity index (χ3n) is 3.44. The van der Waals surface area contributed by atoms with Gasteiger partial charge in [0, 0.05) is 12.6 Å². The van der Waals surface area contributed by atoms with Gasteiger partial charge in [-0.3, -0.25) is 0 Å². The summed E-state index contributed by atoms with van der Waals surface area (Å²) in [4.78, 5) is 7.70. The number of aromatic amines is 1.